The molecule has 0 aromatic heterocycles. The molecule has 3 nitrogen and oxygen atoms in total. The van der Waals surface area contributed by atoms with E-state index in [-0.39, 0.29) is 6.04 Å². The Balaban J connectivity index is 1.43. The molecule has 0 bridgehead atoms. The van der Waals surface area contributed by atoms with E-state index in [1.165, 1.54) is 70.5 Å². The van der Waals surface area contributed by atoms with Crippen LogP contribution in [0.3, 0.4) is 0 Å². The minimum Gasteiger partial charge on any atom is -0.213 e. The summed E-state index contributed by atoms with van der Waals surface area (Å²) in [5, 5.41) is 0. The van der Waals surface area contributed by atoms with Crippen LogP contribution in [0, 0.1) is 52.3 Å². The van der Waals surface area contributed by atoms with Crippen LogP contribution in [0.1, 0.15) is 112 Å². The second-order valence-electron chi connectivity index (χ2n) is 13.5. The Labute approximate surface area is 199 Å². The highest BCUT2D eigenvalue weighted by molar-refractivity contribution is 7.88. The zero-order valence-corrected chi connectivity index (χ0v) is 22.6. The van der Waals surface area contributed by atoms with Gasteiger partial charge in [0, 0.05) is 6.04 Å². The van der Waals surface area contributed by atoms with Crippen molar-refractivity contribution in [2.24, 2.45) is 52.3 Å². The second-order valence-corrected chi connectivity index (χ2v) is 15.3. The van der Waals surface area contributed by atoms with Crippen LogP contribution in [0.2, 0.25) is 0 Å². The average molecular weight is 466 g/mol. The quantitative estimate of drug-likeness (QED) is 0.439. The van der Waals surface area contributed by atoms with Crippen LogP contribution in [0.5, 0.6) is 0 Å². The Bertz CT molecular complexity index is 763. The molecular formula is C28H51NO2S. The van der Waals surface area contributed by atoms with E-state index in [1.807, 2.05) is 0 Å². The molecule has 4 aliphatic rings. The van der Waals surface area contributed by atoms with Gasteiger partial charge in [-0.3, -0.25) is 0 Å². The summed E-state index contributed by atoms with van der Waals surface area (Å²) in [5.41, 5.74) is 0.998. The van der Waals surface area contributed by atoms with Gasteiger partial charge in [0.2, 0.25) is 10.0 Å². The third kappa shape index (κ3) is 4.70. The molecule has 0 amide bonds. The average Bonchev–Trinajstić information content (AvgIpc) is 3.04. The minimum atomic E-state index is -3.10. The molecule has 0 unspecified atom stereocenters. The van der Waals surface area contributed by atoms with Crippen LogP contribution < -0.4 is 4.72 Å². The molecule has 0 heterocycles. The maximum Gasteiger partial charge on any atom is 0.208 e. The molecule has 0 aromatic rings. The van der Waals surface area contributed by atoms with Gasteiger partial charge in [-0.15, -0.1) is 0 Å². The molecule has 1 N–H and O–H groups in total. The van der Waals surface area contributed by atoms with Crippen molar-refractivity contribution in [1.82, 2.24) is 4.72 Å². The Kier molecular flexibility index (Phi) is 7.17. The predicted octanol–water partition coefficient (Wildman–Crippen LogP) is 7.03. The monoisotopic (exact) mass is 465 g/mol. The fourth-order valence-electron chi connectivity index (χ4n) is 9.69. The molecule has 186 valence electrons. The number of nitrogens with one attached hydrogen (secondary N) is 1. The van der Waals surface area contributed by atoms with Gasteiger partial charge >= 0.3 is 0 Å². The van der Waals surface area contributed by atoms with Gasteiger partial charge in [0.25, 0.3) is 0 Å². The third-order valence-electron chi connectivity index (χ3n) is 11.2. The molecule has 4 aliphatic carbocycles. The van der Waals surface area contributed by atoms with Crippen LogP contribution >= 0.6 is 0 Å². The molecule has 0 saturated heterocycles. The first-order valence-corrected chi connectivity index (χ1v) is 15.8. The molecule has 4 fully saturated rings. The molecule has 4 heteroatoms. The van der Waals surface area contributed by atoms with E-state index in [4.69, 9.17) is 0 Å². The van der Waals surface area contributed by atoms with Crippen molar-refractivity contribution in [3.05, 3.63) is 0 Å². The zero-order valence-electron chi connectivity index (χ0n) is 21.8. The largest absolute Gasteiger partial charge is 0.213 e. The Morgan fingerprint density at radius 1 is 0.875 bits per heavy atom. The lowest BCUT2D eigenvalue weighted by molar-refractivity contribution is -0.117. The molecule has 32 heavy (non-hydrogen) atoms. The molecule has 0 spiro atoms. The van der Waals surface area contributed by atoms with Crippen molar-refractivity contribution in [3.63, 3.8) is 0 Å². The van der Waals surface area contributed by atoms with E-state index in [0.29, 0.717) is 16.7 Å². The summed E-state index contributed by atoms with van der Waals surface area (Å²) in [6.07, 6.45) is 17.3. The lowest BCUT2D eigenvalue weighted by atomic mass is 9.44. The Hall–Kier alpha value is -0.0900. The van der Waals surface area contributed by atoms with Gasteiger partial charge in [0.05, 0.1) is 6.26 Å². The normalized spacial score (nSPS) is 45.2. The summed E-state index contributed by atoms with van der Waals surface area (Å²) >= 11 is 0. The fraction of sp³-hybridized carbons (Fsp3) is 1.00. The van der Waals surface area contributed by atoms with Gasteiger partial charge in [-0.2, -0.15) is 0 Å². The van der Waals surface area contributed by atoms with E-state index in [2.05, 4.69) is 39.3 Å². The number of hydrogen-bond acceptors (Lipinski definition) is 2. The van der Waals surface area contributed by atoms with Crippen molar-refractivity contribution in [2.75, 3.05) is 6.26 Å². The summed E-state index contributed by atoms with van der Waals surface area (Å²) in [6.45, 7) is 12.6. The number of hydrogen-bond donors (Lipinski definition) is 1. The molecule has 0 radical (unpaired) electrons. The van der Waals surface area contributed by atoms with Crippen molar-refractivity contribution in [3.8, 4) is 0 Å². The van der Waals surface area contributed by atoms with Crippen molar-refractivity contribution in [1.29, 1.82) is 0 Å². The summed E-state index contributed by atoms with van der Waals surface area (Å²) in [6, 6.07) is 0.163. The standard InChI is InChI=1S/C28H51NO2S/c1-19(2)8-7-9-20(3)24-12-13-25-23-11-10-21-18-22(29-32(6,30)31)14-16-27(21,4)26(23)15-17-28(24,25)5/h19-26,29H,7-18H2,1-6H3/t20-,21+,22+,23+,24-,25+,26+,27+,28-/m1/s1. The summed E-state index contributed by atoms with van der Waals surface area (Å²) in [7, 11) is -3.10. The summed E-state index contributed by atoms with van der Waals surface area (Å²) in [5.74, 6) is 6.07. The van der Waals surface area contributed by atoms with Crippen LogP contribution in [-0.4, -0.2) is 20.7 Å². The molecule has 0 aliphatic heterocycles. The third-order valence-corrected chi connectivity index (χ3v) is 12.0. The highest BCUT2D eigenvalue weighted by atomic mass is 32.2. The van der Waals surface area contributed by atoms with Crippen molar-refractivity contribution < 1.29 is 8.42 Å². The van der Waals surface area contributed by atoms with Crippen LogP contribution in [0.15, 0.2) is 0 Å². The maximum atomic E-state index is 11.8. The van der Waals surface area contributed by atoms with Gasteiger partial charge < -0.3 is 0 Å². The van der Waals surface area contributed by atoms with E-state index in [9.17, 15) is 8.42 Å². The number of fused-ring (bicyclic) bond motifs is 5. The second kappa shape index (κ2) is 9.17. The molecule has 9 atom stereocenters. The van der Waals surface area contributed by atoms with E-state index < -0.39 is 10.0 Å². The van der Waals surface area contributed by atoms with E-state index in [1.54, 1.807) is 0 Å². The Morgan fingerprint density at radius 3 is 2.25 bits per heavy atom. The Morgan fingerprint density at radius 2 is 1.56 bits per heavy atom. The maximum absolute atomic E-state index is 11.8. The molecule has 4 saturated carbocycles. The molecule has 0 aromatic carbocycles. The van der Waals surface area contributed by atoms with Crippen LogP contribution in [0.4, 0.5) is 0 Å². The highest BCUT2D eigenvalue weighted by Crippen LogP contribution is 2.68. The van der Waals surface area contributed by atoms with E-state index >= 15 is 0 Å². The summed E-state index contributed by atoms with van der Waals surface area (Å²) in [4.78, 5) is 0. The molecule has 4 rings (SSSR count). The molecular weight excluding hydrogens is 414 g/mol. The first-order valence-electron chi connectivity index (χ1n) is 13.9. The van der Waals surface area contributed by atoms with Gasteiger partial charge in [-0.1, -0.05) is 53.9 Å². The van der Waals surface area contributed by atoms with Crippen LogP contribution in [-0.2, 0) is 10.0 Å². The minimum absolute atomic E-state index is 0.163. The zero-order chi connectivity index (χ0) is 23.3. The topological polar surface area (TPSA) is 46.2 Å². The summed E-state index contributed by atoms with van der Waals surface area (Å²) < 4.78 is 26.5. The highest BCUT2D eigenvalue weighted by Gasteiger charge is 2.60. The van der Waals surface area contributed by atoms with Crippen LogP contribution in [0.25, 0.3) is 0 Å². The first kappa shape index (κ1) is 25.0. The lowest BCUT2D eigenvalue weighted by Gasteiger charge is -2.61. The van der Waals surface area contributed by atoms with Gasteiger partial charge in [0.1, 0.15) is 0 Å². The predicted molar refractivity (Wildman–Crippen MR) is 135 cm³/mol. The SMILES string of the molecule is CC(C)CCC[C@@H](C)[C@H]1CC[C@H]2[C@@H]3CC[C@H]4C[C@@H](NS(C)(=O)=O)CC[C@]4(C)[C@H]3CC[C@]12C. The van der Waals surface area contributed by atoms with Gasteiger partial charge in [-0.25, -0.2) is 13.1 Å². The fourth-order valence-corrected chi connectivity index (χ4v) is 10.5. The number of sulfonamides is 1. The van der Waals surface area contributed by atoms with Crippen molar-refractivity contribution in [2.45, 2.75) is 118 Å². The smallest absolute Gasteiger partial charge is 0.208 e. The van der Waals surface area contributed by atoms with Gasteiger partial charge in [-0.05, 0) is 110 Å². The van der Waals surface area contributed by atoms with Crippen molar-refractivity contribution >= 4 is 10.0 Å². The van der Waals surface area contributed by atoms with E-state index in [0.717, 1.165) is 48.3 Å². The lowest BCUT2D eigenvalue weighted by Crippen LogP contribution is -2.55. The first-order chi connectivity index (χ1) is 14.9. The number of rotatable bonds is 7. The van der Waals surface area contributed by atoms with Gasteiger partial charge in [0.15, 0.2) is 0 Å².